The molecular formula is C13H13BrF3NO2. The first-order chi connectivity index (χ1) is 9.41. The molecule has 2 N–H and O–H groups in total. The number of aromatic hydroxyl groups is 1. The molecule has 7 heteroatoms. The van der Waals surface area contributed by atoms with E-state index in [1.807, 2.05) is 0 Å². The van der Waals surface area contributed by atoms with Crippen molar-refractivity contribution in [1.29, 1.82) is 0 Å². The van der Waals surface area contributed by atoms with Crippen LogP contribution in [0.2, 0.25) is 0 Å². The van der Waals surface area contributed by atoms with Crippen molar-refractivity contribution in [1.82, 2.24) is 5.32 Å². The highest BCUT2D eigenvalue weighted by molar-refractivity contribution is 9.09. The molecule has 0 aliphatic heterocycles. The van der Waals surface area contributed by atoms with Crippen molar-refractivity contribution >= 4 is 21.8 Å². The summed E-state index contributed by atoms with van der Waals surface area (Å²) in [5.74, 6) is -6.74. The minimum absolute atomic E-state index is 0.223. The highest BCUT2D eigenvalue weighted by Crippen LogP contribution is 2.31. The van der Waals surface area contributed by atoms with Crippen LogP contribution in [0.1, 0.15) is 29.6 Å². The molecule has 20 heavy (non-hydrogen) atoms. The Bertz CT molecular complexity index is 539. The maximum atomic E-state index is 13.5. The molecule has 1 aliphatic carbocycles. The second kappa shape index (κ2) is 6.03. The third-order valence-corrected chi connectivity index (χ3v) is 4.67. The van der Waals surface area contributed by atoms with E-state index in [-0.39, 0.29) is 10.7 Å². The standard InChI is InChI=1S/C13H13BrF3NO2/c14-8-3-1-2-6(8)5-18-13(20)7-4-9(15)11(17)12(19)10(7)16/h4,6,8,19H,1-3,5H2,(H,18,20). The van der Waals surface area contributed by atoms with Gasteiger partial charge >= 0.3 is 0 Å². The Morgan fingerprint density at radius 2 is 2.05 bits per heavy atom. The van der Waals surface area contributed by atoms with E-state index in [0.29, 0.717) is 12.6 Å². The van der Waals surface area contributed by atoms with E-state index >= 15 is 0 Å². The van der Waals surface area contributed by atoms with E-state index in [9.17, 15) is 18.0 Å². The van der Waals surface area contributed by atoms with Crippen LogP contribution in [0.15, 0.2) is 6.07 Å². The Kier molecular flexibility index (Phi) is 4.57. The van der Waals surface area contributed by atoms with Gasteiger partial charge in [0.1, 0.15) is 0 Å². The van der Waals surface area contributed by atoms with Gasteiger partial charge < -0.3 is 10.4 Å². The summed E-state index contributed by atoms with van der Waals surface area (Å²) in [6.07, 6.45) is 2.97. The van der Waals surface area contributed by atoms with Crippen molar-refractivity contribution in [2.24, 2.45) is 5.92 Å². The second-order valence-electron chi connectivity index (χ2n) is 4.80. The zero-order valence-electron chi connectivity index (χ0n) is 10.4. The summed E-state index contributed by atoms with van der Waals surface area (Å²) in [5, 5.41) is 11.5. The number of hydrogen-bond acceptors (Lipinski definition) is 2. The summed E-state index contributed by atoms with van der Waals surface area (Å²) in [6.45, 7) is 0.313. The molecule has 0 heterocycles. The van der Waals surface area contributed by atoms with Crippen molar-refractivity contribution in [3.8, 4) is 5.75 Å². The van der Waals surface area contributed by atoms with E-state index in [1.165, 1.54) is 0 Å². The van der Waals surface area contributed by atoms with Crippen LogP contribution < -0.4 is 5.32 Å². The monoisotopic (exact) mass is 351 g/mol. The number of halogens is 4. The van der Waals surface area contributed by atoms with Gasteiger partial charge in [-0.05, 0) is 24.8 Å². The summed E-state index contributed by atoms with van der Waals surface area (Å²) in [6, 6.07) is 0.444. The topological polar surface area (TPSA) is 49.3 Å². The second-order valence-corrected chi connectivity index (χ2v) is 5.98. The van der Waals surface area contributed by atoms with Crippen LogP contribution in [0.4, 0.5) is 13.2 Å². The Balaban J connectivity index is 2.10. The van der Waals surface area contributed by atoms with Crippen LogP contribution in [-0.4, -0.2) is 22.4 Å². The van der Waals surface area contributed by atoms with Crippen LogP contribution in [0.5, 0.6) is 5.75 Å². The molecule has 0 radical (unpaired) electrons. The molecular weight excluding hydrogens is 339 g/mol. The fraction of sp³-hybridized carbons (Fsp3) is 0.462. The molecule has 2 rings (SSSR count). The number of rotatable bonds is 3. The van der Waals surface area contributed by atoms with Gasteiger partial charge in [0.2, 0.25) is 5.82 Å². The lowest BCUT2D eigenvalue weighted by Gasteiger charge is -2.15. The summed E-state index contributed by atoms with van der Waals surface area (Å²) >= 11 is 3.48. The van der Waals surface area contributed by atoms with Crippen molar-refractivity contribution in [3.63, 3.8) is 0 Å². The van der Waals surface area contributed by atoms with E-state index in [0.717, 1.165) is 19.3 Å². The number of nitrogens with one attached hydrogen (secondary N) is 1. The molecule has 2 unspecified atom stereocenters. The minimum atomic E-state index is -1.70. The number of benzene rings is 1. The largest absolute Gasteiger partial charge is 0.503 e. The van der Waals surface area contributed by atoms with Crippen LogP contribution in [-0.2, 0) is 0 Å². The number of carbonyl (C=O) groups is 1. The van der Waals surface area contributed by atoms with Gasteiger partial charge in [0.15, 0.2) is 17.4 Å². The average Bonchev–Trinajstić information content (AvgIpc) is 2.83. The maximum absolute atomic E-state index is 13.5. The van der Waals surface area contributed by atoms with Gasteiger partial charge in [0.05, 0.1) is 5.56 Å². The molecule has 0 aromatic heterocycles. The lowest BCUT2D eigenvalue weighted by molar-refractivity contribution is 0.0942. The van der Waals surface area contributed by atoms with Gasteiger partial charge in [0, 0.05) is 11.4 Å². The first kappa shape index (κ1) is 15.2. The molecule has 1 aliphatic rings. The van der Waals surface area contributed by atoms with Gasteiger partial charge in [-0.3, -0.25) is 4.79 Å². The predicted octanol–water partition coefficient (Wildman–Crippen LogP) is 3.10. The van der Waals surface area contributed by atoms with E-state index in [2.05, 4.69) is 21.2 Å². The molecule has 3 nitrogen and oxygen atoms in total. The van der Waals surface area contributed by atoms with Crippen molar-refractivity contribution < 1.29 is 23.1 Å². The molecule has 110 valence electrons. The summed E-state index contributed by atoms with van der Waals surface area (Å²) in [4.78, 5) is 12.1. The smallest absolute Gasteiger partial charge is 0.254 e. The Labute approximate surface area is 122 Å². The molecule has 1 amide bonds. The number of alkyl halides is 1. The normalized spacial score (nSPS) is 22.0. The Morgan fingerprint density at radius 1 is 1.35 bits per heavy atom. The SMILES string of the molecule is O=C(NCC1CCCC1Br)c1cc(F)c(F)c(O)c1F. The van der Waals surface area contributed by atoms with E-state index in [1.54, 1.807) is 0 Å². The number of amides is 1. The molecule has 1 fully saturated rings. The minimum Gasteiger partial charge on any atom is -0.503 e. The van der Waals surface area contributed by atoms with Crippen LogP contribution in [0.3, 0.4) is 0 Å². The highest BCUT2D eigenvalue weighted by atomic mass is 79.9. The summed E-state index contributed by atoms with van der Waals surface area (Å²) in [5.41, 5.74) is -0.703. The first-order valence-corrected chi connectivity index (χ1v) is 7.12. The molecule has 0 bridgehead atoms. The van der Waals surface area contributed by atoms with Crippen molar-refractivity contribution in [2.75, 3.05) is 6.54 Å². The zero-order valence-corrected chi connectivity index (χ0v) is 12.0. The van der Waals surface area contributed by atoms with Gasteiger partial charge in [-0.25, -0.2) is 8.78 Å². The number of phenolic OH excluding ortho intramolecular Hbond substituents is 1. The predicted molar refractivity (Wildman–Crippen MR) is 70.4 cm³/mol. The van der Waals surface area contributed by atoms with Gasteiger partial charge in [-0.15, -0.1) is 0 Å². The molecule has 1 aromatic rings. The molecule has 2 atom stereocenters. The number of carbonyl (C=O) groups excluding carboxylic acids is 1. The maximum Gasteiger partial charge on any atom is 0.254 e. The van der Waals surface area contributed by atoms with Crippen LogP contribution in [0, 0.1) is 23.4 Å². The molecule has 0 spiro atoms. The Morgan fingerprint density at radius 3 is 2.65 bits per heavy atom. The van der Waals surface area contributed by atoms with Crippen LogP contribution in [0.25, 0.3) is 0 Å². The average molecular weight is 352 g/mol. The fourth-order valence-electron chi connectivity index (χ4n) is 2.30. The zero-order chi connectivity index (χ0) is 14.9. The van der Waals surface area contributed by atoms with Gasteiger partial charge in [0.25, 0.3) is 5.91 Å². The fourth-order valence-corrected chi connectivity index (χ4v) is 3.07. The number of phenols is 1. The van der Waals surface area contributed by atoms with Gasteiger partial charge in [-0.1, -0.05) is 22.4 Å². The third kappa shape index (κ3) is 2.92. The first-order valence-electron chi connectivity index (χ1n) is 6.20. The summed E-state index contributed by atoms with van der Waals surface area (Å²) in [7, 11) is 0. The molecule has 1 saturated carbocycles. The quantitative estimate of drug-likeness (QED) is 0.649. The van der Waals surface area contributed by atoms with Crippen molar-refractivity contribution in [2.45, 2.75) is 24.1 Å². The third-order valence-electron chi connectivity index (χ3n) is 3.47. The highest BCUT2D eigenvalue weighted by Gasteiger charge is 2.27. The van der Waals surface area contributed by atoms with Crippen molar-refractivity contribution in [3.05, 3.63) is 29.1 Å². The molecule has 0 saturated heterocycles. The van der Waals surface area contributed by atoms with Crippen LogP contribution >= 0.6 is 15.9 Å². The Hall–Kier alpha value is -1.24. The lowest BCUT2D eigenvalue weighted by atomic mass is 10.1. The summed E-state index contributed by atoms with van der Waals surface area (Å²) < 4.78 is 39.6. The van der Waals surface area contributed by atoms with E-state index < -0.39 is 34.7 Å². The lowest BCUT2D eigenvalue weighted by Crippen LogP contribution is -2.31. The van der Waals surface area contributed by atoms with E-state index in [4.69, 9.17) is 5.11 Å². The molecule has 1 aromatic carbocycles. The van der Waals surface area contributed by atoms with Gasteiger partial charge in [-0.2, -0.15) is 4.39 Å². The number of hydrogen-bond donors (Lipinski definition) is 2.